The first kappa shape index (κ1) is 10.6. The van der Waals surface area contributed by atoms with Crippen molar-refractivity contribution in [3.05, 3.63) is 11.5 Å². The summed E-state index contributed by atoms with van der Waals surface area (Å²) in [7, 11) is 0. The molecule has 0 unspecified atom stereocenters. The lowest BCUT2D eigenvalue weighted by atomic mass is 10.00. The van der Waals surface area contributed by atoms with E-state index in [9.17, 15) is 9.59 Å². The number of carbonyl (C=O) groups excluding carboxylic acids is 2. The number of Topliss-reactive ketones (excluding diaryl/α,β-unsaturated/α-hetero) is 1. The fourth-order valence-corrected chi connectivity index (χ4v) is 1.18. The molecule has 0 saturated carbocycles. The molecule has 0 bridgehead atoms. The van der Waals surface area contributed by atoms with Crippen LogP contribution >= 0.6 is 0 Å². The van der Waals surface area contributed by atoms with Crippen LogP contribution in [0.5, 0.6) is 0 Å². The van der Waals surface area contributed by atoms with Crippen molar-refractivity contribution in [2.45, 2.75) is 26.4 Å². The van der Waals surface area contributed by atoms with Crippen LogP contribution in [0.25, 0.3) is 0 Å². The van der Waals surface area contributed by atoms with E-state index >= 15 is 0 Å². The van der Waals surface area contributed by atoms with Gasteiger partial charge in [-0.2, -0.15) is 0 Å². The van der Waals surface area contributed by atoms with E-state index in [1.807, 2.05) is 0 Å². The first-order chi connectivity index (χ1) is 6.40. The Morgan fingerprint density at radius 1 is 1.57 bits per heavy atom. The van der Waals surface area contributed by atoms with Crippen molar-refractivity contribution in [1.29, 1.82) is 0 Å². The summed E-state index contributed by atoms with van der Waals surface area (Å²) in [5.74, 6) is -1.31. The van der Waals surface area contributed by atoms with Gasteiger partial charge in [-0.15, -0.1) is 0 Å². The quantitative estimate of drug-likeness (QED) is 0.504. The first-order valence-corrected chi connectivity index (χ1v) is 4.31. The summed E-state index contributed by atoms with van der Waals surface area (Å²) < 4.78 is 9.73. The third-order valence-corrected chi connectivity index (χ3v) is 1.86. The van der Waals surface area contributed by atoms with Crippen LogP contribution in [0.1, 0.15) is 20.8 Å². The zero-order chi connectivity index (χ0) is 10.9. The Balaban J connectivity index is 2.94. The molecule has 0 saturated heterocycles. The number of hydrogen-bond donors (Lipinski definition) is 1. The lowest BCUT2D eigenvalue weighted by molar-refractivity contribution is -0.140. The van der Waals surface area contributed by atoms with Gasteiger partial charge in [0.05, 0.1) is 6.61 Å². The molecule has 14 heavy (non-hydrogen) atoms. The van der Waals surface area contributed by atoms with Crippen LogP contribution in [-0.2, 0) is 19.1 Å². The summed E-state index contributed by atoms with van der Waals surface area (Å²) in [6.07, 6.45) is 0. The highest BCUT2D eigenvalue weighted by Gasteiger charge is 2.44. The Morgan fingerprint density at radius 2 is 2.14 bits per heavy atom. The van der Waals surface area contributed by atoms with Gasteiger partial charge in [0.15, 0.2) is 11.2 Å². The van der Waals surface area contributed by atoms with Crippen molar-refractivity contribution in [2.24, 2.45) is 5.73 Å². The highest BCUT2D eigenvalue weighted by Crippen LogP contribution is 2.28. The van der Waals surface area contributed by atoms with Gasteiger partial charge in [-0.1, -0.05) is 0 Å². The van der Waals surface area contributed by atoms with Crippen molar-refractivity contribution >= 4 is 11.8 Å². The summed E-state index contributed by atoms with van der Waals surface area (Å²) >= 11 is 0. The van der Waals surface area contributed by atoms with Crippen LogP contribution in [0.2, 0.25) is 0 Å². The second-order valence-electron chi connectivity index (χ2n) is 3.40. The largest absolute Gasteiger partial charge is 0.464 e. The Bertz CT molecular complexity index is 317. The van der Waals surface area contributed by atoms with Crippen LogP contribution in [0.4, 0.5) is 0 Å². The summed E-state index contributed by atoms with van der Waals surface area (Å²) in [4.78, 5) is 22.9. The molecule has 2 N–H and O–H groups in total. The van der Waals surface area contributed by atoms with Crippen molar-refractivity contribution < 1.29 is 19.1 Å². The summed E-state index contributed by atoms with van der Waals surface area (Å²) in [6, 6.07) is 0. The van der Waals surface area contributed by atoms with Crippen LogP contribution < -0.4 is 5.73 Å². The third kappa shape index (κ3) is 1.57. The Labute approximate surface area is 81.9 Å². The molecule has 5 heteroatoms. The lowest BCUT2D eigenvalue weighted by Crippen LogP contribution is -2.31. The smallest absolute Gasteiger partial charge is 0.347 e. The molecule has 5 nitrogen and oxygen atoms in total. The molecule has 0 aromatic rings. The number of nitrogens with two attached hydrogens (primary N) is 1. The predicted octanol–water partition coefficient (Wildman–Crippen LogP) is 0.0977. The van der Waals surface area contributed by atoms with Gasteiger partial charge in [-0.25, -0.2) is 4.79 Å². The number of ketones is 1. The number of carbonyl (C=O) groups is 2. The van der Waals surface area contributed by atoms with Crippen molar-refractivity contribution in [3.63, 3.8) is 0 Å². The SMILES string of the molecule is CCOC(=O)C1=C(N)OC(C)(C)C1=O. The number of esters is 1. The van der Waals surface area contributed by atoms with E-state index in [0.717, 1.165) is 0 Å². The number of hydrogen-bond acceptors (Lipinski definition) is 5. The molecule has 0 spiro atoms. The van der Waals surface area contributed by atoms with Gasteiger partial charge in [-0.3, -0.25) is 4.79 Å². The third-order valence-electron chi connectivity index (χ3n) is 1.86. The van der Waals surface area contributed by atoms with Gasteiger partial charge in [0.25, 0.3) is 0 Å². The minimum Gasteiger partial charge on any atom is -0.464 e. The van der Waals surface area contributed by atoms with Gasteiger partial charge in [0.2, 0.25) is 11.7 Å². The van der Waals surface area contributed by atoms with E-state index in [4.69, 9.17) is 10.5 Å². The maximum atomic E-state index is 11.6. The second-order valence-corrected chi connectivity index (χ2v) is 3.40. The normalized spacial score (nSPS) is 19.5. The van der Waals surface area contributed by atoms with Crippen LogP contribution in [0.3, 0.4) is 0 Å². The molecule has 0 aliphatic carbocycles. The fraction of sp³-hybridized carbons (Fsp3) is 0.556. The minimum atomic E-state index is -1.06. The topological polar surface area (TPSA) is 78.6 Å². The minimum absolute atomic E-state index is 0.154. The van der Waals surface area contributed by atoms with Crippen LogP contribution in [0, 0.1) is 0 Å². The van der Waals surface area contributed by atoms with Gasteiger partial charge >= 0.3 is 5.97 Å². The van der Waals surface area contributed by atoms with Crippen molar-refractivity contribution in [3.8, 4) is 0 Å². The Morgan fingerprint density at radius 3 is 2.50 bits per heavy atom. The molecule has 0 aromatic carbocycles. The average Bonchev–Trinajstić information content (AvgIpc) is 2.22. The van der Waals surface area contributed by atoms with E-state index in [1.165, 1.54) is 0 Å². The zero-order valence-corrected chi connectivity index (χ0v) is 8.42. The monoisotopic (exact) mass is 199 g/mol. The Kier molecular flexibility index (Phi) is 2.51. The van der Waals surface area contributed by atoms with Gasteiger partial charge < -0.3 is 15.2 Å². The second kappa shape index (κ2) is 3.32. The van der Waals surface area contributed by atoms with Gasteiger partial charge in [0, 0.05) is 0 Å². The van der Waals surface area contributed by atoms with Crippen LogP contribution in [0.15, 0.2) is 11.5 Å². The molecule has 0 amide bonds. The van der Waals surface area contributed by atoms with Gasteiger partial charge in [0.1, 0.15) is 0 Å². The van der Waals surface area contributed by atoms with E-state index in [1.54, 1.807) is 20.8 Å². The molecular weight excluding hydrogens is 186 g/mol. The standard InChI is InChI=1S/C9H13NO4/c1-4-13-8(12)5-6(11)9(2,3)14-7(5)10/h4,10H2,1-3H3. The van der Waals surface area contributed by atoms with E-state index < -0.39 is 17.4 Å². The molecule has 0 aromatic heterocycles. The molecule has 0 radical (unpaired) electrons. The Hall–Kier alpha value is -1.52. The molecule has 1 rings (SSSR count). The molecule has 0 atom stereocenters. The highest BCUT2D eigenvalue weighted by molar-refractivity contribution is 6.21. The fourth-order valence-electron chi connectivity index (χ4n) is 1.18. The van der Waals surface area contributed by atoms with Crippen molar-refractivity contribution in [1.82, 2.24) is 0 Å². The summed E-state index contributed by atoms with van der Waals surface area (Å²) in [6.45, 7) is 4.95. The highest BCUT2D eigenvalue weighted by atomic mass is 16.5. The van der Waals surface area contributed by atoms with Crippen molar-refractivity contribution in [2.75, 3.05) is 6.61 Å². The molecule has 0 fully saturated rings. The van der Waals surface area contributed by atoms with Crippen LogP contribution in [-0.4, -0.2) is 24.0 Å². The molecule has 1 aliphatic rings. The maximum Gasteiger partial charge on any atom is 0.347 e. The zero-order valence-electron chi connectivity index (χ0n) is 8.42. The van der Waals surface area contributed by atoms with E-state index in [-0.39, 0.29) is 18.1 Å². The maximum absolute atomic E-state index is 11.6. The predicted molar refractivity (Wildman–Crippen MR) is 48.0 cm³/mol. The first-order valence-electron chi connectivity index (χ1n) is 4.31. The molecule has 1 aliphatic heterocycles. The summed E-state index contributed by atoms with van der Waals surface area (Å²) in [5.41, 5.74) is 4.17. The molecule has 78 valence electrons. The lowest BCUT2D eigenvalue weighted by Gasteiger charge is -2.15. The average molecular weight is 199 g/mol. The summed E-state index contributed by atoms with van der Waals surface area (Å²) in [5, 5.41) is 0. The molecular formula is C9H13NO4. The number of rotatable bonds is 2. The van der Waals surface area contributed by atoms with E-state index in [2.05, 4.69) is 4.74 Å². The molecule has 1 heterocycles. The van der Waals surface area contributed by atoms with E-state index in [0.29, 0.717) is 0 Å². The van der Waals surface area contributed by atoms with Gasteiger partial charge in [-0.05, 0) is 20.8 Å². The number of ether oxygens (including phenoxy) is 2.